The number of aryl methyl sites for hydroxylation is 1. The van der Waals surface area contributed by atoms with Crippen molar-refractivity contribution in [2.45, 2.75) is 19.4 Å². The summed E-state index contributed by atoms with van der Waals surface area (Å²) < 4.78 is 5.27. The van der Waals surface area contributed by atoms with E-state index in [0.717, 1.165) is 16.7 Å². The number of hydrogen-bond donors (Lipinski definition) is 0. The summed E-state index contributed by atoms with van der Waals surface area (Å²) in [4.78, 5) is 11.5. The van der Waals surface area contributed by atoms with Crippen LogP contribution < -0.4 is 0 Å². The topological polar surface area (TPSA) is 26.3 Å². The third-order valence-electron chi connectivity index (χ3n) is 2.60. The molecule has 0 fully saturated rings. The van der Waals surface area contributed by atoms with Crippen LogP contribution in [0.3, 0.4) is 0 Å². The van der Waals surface area contributed by atoms with Gasteiger partial charge >= 0.3 is 0 Å². The minimum Gasteiger partial charge on any atom is -0.376 e. The van der Waals surface area contributed by atoms with E-state index in [0.29, 0.717) is 6.42 Å². The van der Waals surface area contributed by atoms with Crippen molar-refractivity contribution >= 4 is 5.78 Å². The molecule has 0 aliphatic heterocycles. The molecule has 0 radical (unpaired) electrons. The van der Waals surface area contributed by atoms with Crippen LogP contribution in [-0.4, -0.2) is 12.9 Å². The first kappa shape index (κ1) is 8.45. The molecule has 0 saturated heterocycles. The van der Waals surface area contributed by atoms with Gasteiger partial charge in [-0.05, 0) is 18.1 Å². The van der Waals surface area contributed by atoms with Crippen molar-refractivity contribution in [3.8, 4) is 0 Å². The minimum atomic E-state index is -0.0244. The standard InChI is InChI=1S/C11H12O2/c1-7-4-3-5-8-9(12)6-10(13-2)11(7)8/h3-5,10H,6H2,1-2H3. The summed E-state index contributed by atoms with van der Waals surface area (Å²) in [5.41, 5.74) is 3.07. The van der Waals surface area contributed by atoms with Gasteiger partial charge in [-0.25, -0.2) is 0 Å². The first-order valence-electron chi connectivity index (χ1n) is 4.39. The van der Waals surface area contributed by atoms with E-state index in [-0.39, 0.29) is 11.9 Å². The Labute approximate surface area is 77.5 Å². The van der Waals surface area contributed by atoms with Gasteiger partial charge in [0.05, 0.1) is 6.10 Å². The molecule has 1 aromatic carbocycles. The Hall–Kier alpha value is -1.15. The molecule has 13 heavy (non-hydrogen) atoms. The molecule has 2 nitrogen and oxygen atoms in total. The van der Waals surface area contributed by atoms with E-state index in [1.807, 2.05) is 25.1 Å². The summed E-state index contributed by atoms with van der Waals surface area (Å²) >= 11 is 0. The Bertz CT molecular complexity index is 355. The number of rotatable bonds is 1. The summed E-state index contributed by atoms with van der Waals surface area (Å²) in [6.45, 7) is 2.02. The molecule has 0 N–H and O–H groups in total. The Kier molecular flexibility index (Phi) is 1.93. The van der Waals surface area contributed by atoms with Gasteiger partial charge < -0.3 is 4.74 Å². The van der Waals surface area contributed by atoms with Gasteiger partial charge in [-0.15, -0.1) is 0 Å². The quantitative estimate of drug-likeness (QED) is 0.656. The van der Waals surface area contributed by atoms with Crippen LogP contribution in [0.4, 0.5) is 0 Å². The van der Waals surface area contributed by atoms with Crippen LogP contribution in [0.15, 0.2) is 18.2 Å². The number of Topliss-reactive ketones (excluding diaryl/α,β-unsaturated/α-hetero) is 1. The van der Waals surface area contributed by atoms with Crippen molar-refractivity contribution in [3.05, 3.63) is 34.9 Å². The molecule has 2 heteroatoms. The van der Waals surface area contributed by atoms with Crippen molar-refractivity contribution in [1.29, 1.82) is 0 Å². The normalized spacial score (nSPS) is 20.5. The monoisotopic (exact) mass is 176 g/mol. The highest BCUT2D eigenvalue weighted by molar-refractivity contribution is 6.01. The zero-order chi connectivity index (χ0) is 9.42. The third kappa shape index (κ3) is 1.18. The molecule has 1 atom stereocenters. The first-order chi connectivity index (χ1) is 6.24. The van der Waals surface area contributed by atoms with Crippen molar-refractivity contribution < 1.29 is 9.53 Å². The van der Waals surface area contributed by atoms with E-state index in [1.54, 1.807) is 7.11 Å². The molecule has 0 bridgehead atoms. The van der Waals surface area contributed by atoms with E-state index in [2.05, 4.69) is 0 Å². The lowest BCUT2D eigenvalue weighted by atomic mass is 10.0. The van der Waals surface area contributed by atoms with Crippen LogP contribution in [0, 0.1) is 6.92 Å². The number of methoxy groups -OCH3 is 1. The van der Waals surface area contributed by atoms with Gasteiger partial charge in [0.2, 0.25) is 0 Å². The Morgan fingerprint density at radius 3 is 2.92 bits per heavy atom. The molecular weight excluding hydrogens is 164 g/mol. The van der Waals surface area contributed by atoms with E-state index >= 15 is 0 Å². The van der Waals surface area contributed by atoms with Crippen LogP contribution >= 0.6 is 0 Å². The van der Waals surface area contributed by atoms with Gasteiger partial charge in [0.25, 0.3) is 0 Å². The van der Waals surface area contributed by atoms with E-state index in [1.165, 1.54) is 0 Å². The smallest absolute Gasteiger partial charge is 0.166 e. The largest absolute Gasteiger partial charge is 0.376 e. The summed E-state index contributed by atoms with van der Waals surface area (Å²) in [7, 11) is 1.65. The zero-order valence-electron chi connectivity index (χ0n) is 7.83. The third-order valence-corrected chi connectivity index (χ3v) is 2.60. The predicted molar refractivity (Wildman–Crippen MR) is 49.9 cm³/mol. The lowest BCUT2D eigenvalue weighted by Gasteiger charge is -2.10. The maximum Gasteiger partial charge on any atom is 0.166 e. The molecule has 68 valence electrons. The molecule has 2 rings (SSSR count). The van der Waals surface area contributed by atoms with Crippen molar-refractivity contribution in [3.63, 3.8) is 0 Å². The van der Waals surface area contributed by atoms with Crippen LogP contribution in [-0.2, 0) is 4.74 Å². The molecule has 1 aliphatic carbocycles. The fraction of sp³-hybridized carbons (Fsp3) is 0.364. The second kappa shape index (κ2) is 2.96. The zero-order valence-corrected chi connectivity index (χ0v) is 7.83. The van der Waals surface area contributed by atoms with Crippen molar-refractivity contribution in [2.24, 2.45) is 0 Å². The lowest BCUT2D eigenvalue weighted by molar-refractivity contribution is 0.0810. The number of benzene rings is 1. The number of hydrogen-bond acceptors (Lipinski definition) is 2. The number of ketones is 1. The summed E-state index contributed by atoms with van der Waals surface area (Å²) in [6, 6.07) is 5.82. The molecule has 0 saturated carbocycles. The molecule has 0 heterocycles. The summed E-state index contributed by atoms with van der Waals surface area (Å²) in [5, 5.41) is 0. The number of carbonyl (C=O) groups is 1. The summed E-state index contributed by atoms with van der Waals surface area (Å²) in [5.74, 6) is 0.200. The van der Waals surface area contributed by atoms with Gasteiger partial charge in [-0.3, -0.25) is 4.79 Å². The van der Waals surface area contributed by atoms with Crippen LogP contribution in [0.25, 0.3) is 0 Å². The summed E-state index contributed by atoms with van der Waals surface area (Å²) in [6.07, 6.45) is 0.472. The molecular formula is C11H12O2. The molecule has 1 aromatic rings. The molecule has 1 aliphatic rings. The van der Waals surface area contributed by atoms with Crippen LogP contribution in [0.1, 0.15) is 34.0 Å². The minimum absolute atomic E-state index is 0.0244. The van der Waals surface area contributed by atoms with Gasteiger partial charge in [-0.1, -0.05) is 18.2 Å². The van der Waals surface area contributed by atoms with E-state index < -0.39 is 0 Å². The molecule has 0 aromatic heterocycles. The fourth-order valence-corrected chi connectivity index (χ4v) is 1.93. The molecule has 0 amide bonds. The highest BCUT2D eigenvalue weighted by Crippen LogP contribution is 2.35. The van der Waals surface area contributed by atoms with Crippen LogP contribution in [0.2, 0.25) is 0 Å². The van der Waals surface area contributed by atoms with Gasteiger partial charge in [-0.2, -0.15) is 0 Å². The second-order valence-corrected chi connectivity index (χ2v) is 3.39. The van der Waals surface area contributed by atoms with Crippen molar-refractivity contribution in [1.82, 2.24) is 0 Å². The van der Waals surface area contributed by atoms with Gasteiger partial charge in [0, 0.05) is 19.1 Å². The Morgan fingerprint density at radius 2 is 2.23 bits per heavy atom. The number of ether oxygens (including phenoxy) is 1. The Morgan fingerprint density at radius 1 is 1.46 bits per heavy atom. The number of carbonyl (C=O) groups excluding carboxylic acids is 1. The van der Waals surface area contributed by atoms with Gasteiger partial charge in [0.1, 0.15) is 0 Å². The second-order valence-electron chi connectivity index (χ2n) is 3.39. The average molecular weight is 176 g/mol. The lowest BCUT2D eigenvalue weighted by Crippen LogP contribution is -1.97. The van der Waals surface area contributed by atoms with Crippen LogP contribution in [0.5, 0.6) is 0 Å². The van der Waals surface area contributed by atoms with Crippen molar-refractivity contribution in [2.75, 3.05) is 7.11 Å². The predicted octanol–water partition coefficient (Wildman–Crippen LogP) is 2.27. The molecule has 1 unspecified atom stereocenters. The average Bonchev–Trinajstić information content (AvgIpc) is 2.45. The Balaban J connectivity index is 2.58. The molecule has 0 spiro atoms. The number of fused-ring (bicyclic) bond motifs is 1. The SMILES string of the molecule is COC1CC(=O)c2cccc(C)c21. The maximum absolute atomic E-state index is 11.5. The highest BCUT2D eigenvalue weighted by atomic mass is 16.5. The highest BCUT2D eigenvalue weighted by Gasteiger charge is 2.30. The van der Waals surface area contributed by atoms with Gasteiger partial charge in [0.15, 0.2) is 5.78 Å². The first-order valence-corrected chi connectivity index (χ1v) is 4.39. The van der Waals surface area contributed by atoms with E-state index in [4.69, 9.17) is 4.74 Å². The maximum atomic E-state index is 11.5. The fourth-order valence-electron chi connectivity index (χ4n) is 1.93. The van der Waals surface area contributed by atoms with E-state index in [9.17, 15) is 4.79 Å².